The Morgan fingerprint density at radius 1 is 1.33 bits per heavy atom. The molecule has 0 saturated carbocycles. The normalized spacial score (nSPS) is 10.6. The van der Waals surface area contributed by atoms with Gasteiger partial charge in [-0.1, -0.05) is 12.1 Å². The molecule has 0 atom stereocenters. The van der Waals surface area contributed by atoms with Gasteiger partial charge < -0.3 is 10.2 Å². The molecule has 0 amide bonds. The van der Waals surface area contributed by atoms with Crippen LogP contribution in [-0.4, -0.2) is 25.6 Å². The molecule has 0 aliphatic heterocycles. The van der Waals surface area contributed by atoms with Crippen LogP contribution >= 0.6 is 11.3 Å². The van der Waals surface area contributed by atoms with Crippen LogP contribution in [0.2, 0.25) is 0 Å². The Bertz CT molecular complexity index is 468. The van der Waals surface area contributed by atoms with Gasteiger partial charge in [0.1, 0.15) is 5.82 Å². The molecule has 96 valence electrons. The second-order valence-electron chi connectivity index (χ2n) is 4.27. The highest BCUT2D eigenvalue weighted by molar-refractivity contribution is 7.09. The van der Waals surface area contributed by atoms with Crippen molar-refractivity contribution in [1.29, 1.82) is 0 Å². The Hall–Kier alpha value is -1.39. The summed E-state index contributed by atoms with van der Waals surface area (Å²) in [6, 6.07) is 8.41. The molecule has 2 rings (SSSR count). The lowest BCUT2D eigenvalue weighted by Crippen LogP contribution is -2.23. The molecule has 3 nitrogen and oxygen atoms in total. The molecule has 0 fully saturated rings. The Balaban J connectivity index is 2.01. The summed E-state index contributed by atoms with van der Waals surface area (Å²) in [7, 11) is 4.07. The monoisotopic (exact) mass is 261 g/mol. The minimum atomic E-state index is 0.854. The molecule has 0 spiro atoms. The second kappa shape index (κ2) is 6.52. The van der Waals surface area contributed by atoms with Crippen molar-refractivity contribution in [1.82, 2.24) is 10.3 Å². The van der Waals surface area contributed by atoms with E-state index in [0.717, 1.165) is 25.3 Å². The van der Waals surface area contributed by atoms with Gasteiger partial charge in [0.25, 0.3) is 0 Å². The quantitative estimate of drug-likeness (QED) is 0.866. The van der Waals surface area contributed by atoms with Crippen molar-refractivity contribution in [3.8, 4) is 0 Å². The average molecular weight is 261 g/mol. The number of aromatic nitrogens is 1. The SMILES string of the molecule is CNCc1cccnc1N(C)CCc1cccs1. The summed E-state index contributed by atoms with van der Waals surface area (Å²) in [4.78, 5) is 8.14. The lowest BCUT2D eigenvalue weighted by atomic mass is 10.2. The second-order valence-corrected chi connectivity index (χ2v) is 5.30. The lowest BCUT2D eigenvalue weighted by molar-refractivity contribution is 0.792. The number of pyridine rings is 1. The molecule has 0 aliphatic carbocycles. The molecular weight excluding hydrogens is 242 g/mol. The fourth-order valence-electron chi connectivity index (χ4n) is 1.94. The standard InChI is InChI=1S/C14H19N3S/c1-15-11-12-5-3-8-16-14(12)17(2)9-7-13-6-4-10-18-13/h3-6,8,10,15H,7,9,11H2,1-2H3. The Morgan fingerprint density at radius 2 is 2.22 bits per heavy atom. The molecule has 0 radical (unpaired) electrons. The first-order chi connectivity index (χ1) is 8.81. The van der Waals surface area contributed by atoms with Crippen LogP contribution in [0.5, 0.6) is 0 Å². The maximum Gasteiger partial charge on any atom is 0.132 e. The predicted octanol–water partition coefficient (Wildman–Crippen LogP) is 2.54. The number of hydrogen-bond acceptors (Lipinski definition) is 4. The highest BCUT2D eigenvalue weighted by Crippen LogP contribution is 2.17. The maximum atomic E-state index is 4.49. The fraction of sp³-hybridized carbons (Fsp3) is 0.357. The van der Waals surface area contributed by atoms with E-state index in [2.05, 4.69) is 45.8 Å². The summed E-state index contributed by atoms with van der Waals surface area (Å²) in [6.45, 7) is 1.85. The number of likely N-dealkylation sites (N-methyl/N-ethyl adjacent to an activating group) is 1. The number of rotatable bonds is 6. The van der Waals surface area contributed by atoms with Gasteiger partial charge in [-0.15, -0.1) is 11.3 Å². The van der Waals surface area contributed by atoms with E-state index >= 15 is 0 Å². The van der Waals surface area contributed by atoms with E-state index in [9.17, 15) is 0 Å². The predicted molar refractivity (Wildman–Crippen MR) is 78.3 cm³/mol. The highest BCUT2D eigenvalue weighted by atomic mass is 32.1. The minimum Gasteiger partial charge on any atom is -0.359 e. The van der Waals surface area contributed by atoms with E-state index in [1.165, 1.54) is 10.4 Å². The van der Waals surface area contributed by atoms with Gasteiger partial charge in [-0.2, -0.15) is 0 Å². The number of anilines is 1. The molecule has 2 aromatic rings. The summed E-state index contributed by atoms with van der Waals surface area (Å²) in [5.41, 5.74) is 1.24. The van der Waals surface area contributed by atoms with Crippen molar-refractivity contribution in [2.75, 3.05) is 25.5 Å². The van der Waals surface area contributed by atoms with Crippen LogP contribution in [-0.2, 0) is 13.0 Å². The zero-order valence-electron chi connectivity index (χ0n) is 10.9. The van der Waals surface area contributed by atoms with Gasteiger partial charge in [0.2, 0.25) is 0 Å². The van der Waals surface area contributed by atoms with Crippen LogP contribution in [0.4, 0.5) is 5.82 Å². The molecule has 4 heteroatoms. The van der Waals surface area contributed by atoms with Crippen molar-refractivity contribution >= 4 is 17.2 Å². The molecule has 0 aromatic carbocycles. The Morgan fingerprint density at radius 3 is 2.94 bits per heavy atom. The summed E-state index contributed by atoms with van der Waals surface area (Å²) in [5.74, 6) is 1.07. The first-order valence-electron chi connectivity index (χ1n) is 6.13. The average Bonchev–Trinajstić information content (AvgIpc) is 2.90. The largest absolute Gasteiger partial charge is 0.359 e. The van der Waals surface area contributed by atoms with Crippen molar-refractivity contribution in [2.24, 2.45) is 0 Å². The van der Waals surface area contributed by atoms with Crippen molar-refractivity contribution < 1.29 is 0 Å². The van der Waals surface area contributed by atoms with E-state index in [1.54, 1.807) is 0 Å². The first kappa shape index (κ1) is 13.1. The van der Waals surface area contributed by atoms with Crippen molar-refractivity contribution in [3.05, 3.63) is 46.3 Å². The molecule has 2 aromatic heterocycles. The molecule has 2 heterocycles. The number of thiophene rings is 1. The van der Waals surface area contributed by atoms with Gasteiger partial charge in [0.15, 0.2) is 0 Å². The fourth-order valence-corrected chi connectivity index (χ4v) is 2.64. The summed E-state index contributed by atoms with van der Waals surface area (Å²) in [6.07, 6.45) is 2.93. The molecule has 0 unspecified atom stereocenters. The summed E-state index contributed by atoms with van der Waals surface area (Å²) >= 11 is 1.82. The van der Waals surface area contributed by atoms with Gasteiger partial charge in [0, 0.05) is 36.8 Å². The van der Waals surface area contributed by atoms with Gasteiger partial charge in [0.05, 0.1) is 0 Å². The van der Waals surface area contributed by atoms with Crippen LogP contribution in [0.3, 0.4) is 0 Å². The number of nitrogens with one attached hydrogen (secondary N) is 1. The zero-order chi connectivity index (χ0) is 12.8. The smallest absolute Gasteiger partial charge is 0.132 e. The van der Waals surface area contributed by atoms with Gasteiger partial charge in [-0.05, 0) is 31.0 Å². The van der Waals surface area contributed by atoms with Crippen LogP contribution in [0, 0.1) is 0 Å². The number of hydrogen-bond donors (Lipinski definition) is 1. The van der Waals surface area contributed by atoms with Crippen molar-refractivity contribution in [3.63, 3.8) is 0 Å². The summed E-state index contributed by atoms with van der Waals surface area (Å²) in [5, 5.41) is 5.31. The molecular formula is C14H19N3S. The van der Waals surface area contributed by atoms with Crippen LogP contribution < -0.4 is 10.2 Å². The van der Waals surface area contributed by atoms with Gasteiger partial charge in [-0.3, -0.25) is 0 Å². The number of nitrogens with zero attached hydrogens (tertiary/aromatic N) is 2. The molecule has 18 heavy (non-hydrogen) atoms. The topological polar surface area (TPSA) is 28.2 Å². The van der Waals surface area contributed by atoms with Gasteiger partial charge in [-0.25, -0.2) is 4.98 Å². The van der Waals surface area contributed by atoms with Crippen molar-refractivity contribution in [2.45, 2.75) is 13.0 Å². The third kappa shape index (κ3) is 3.31. The van der Waals surface area contributed by atoms with E-state index in [-0.39, 0.29) is 0 Å². The molecule has 1 N–H and O–H groups in total. The zero-order valence-corrected chi connectivity index (χ0v) is 11.7. The van der Waals surface area contributed by atoms with E-state index in [1.807, 2.05) is 30.6 Å². The van der Waals surface area contributed by atoms with Crippen LogP contribution in [0.15, 0.2) is 35.8 Å². The Kier molecular flexibility index (Phi) is 4.73. The van der Waals surface area contributed by atoms with E-state index in [0.29, 0.717) is 0 Å². The van der Waals surface area contributed by atoms with E-state index in [4.69, 9.17) is 0 Å². The maximum absolute atomic E-state index is 4.49. The molecule has 0 aliphatic rings. The van der Waals surface area contributed by atoms with Crippen LogP contribution in [0.25, 0.3) is 0 Å². The van der Waals surface area contributed by atoms with E-state index < -0.39 is 0 Å². The third-order valence-electron chi connectivity index (χ3n) is 2.87. The highest BCUT2D eigenvalue weighted by Gasteiger charge is 2.08. The minimum absolute atomic E-state index is 0.854. The Labute approximate surface area is 112 Å². The van der Waals surface area contributed by atoms with Gasteiger partial charge >= 0.3 is 0 Å². The third-order valence-corrected chi connectivity index (χ3v) is 3.81. The van der Waals surface area contributed by atoms with Crippen LogP contribution in [0.1, 0.15) is 10.4 Å². The molecule has 0 saturated heterocycles. The lowest BCUT2D eigenvalue weighted by Gasteiger charge is -2.20. The molecule has 0 bridgehead atoms. The first-order valence-corrected chi connectivity index (χ1v) is 7.01. The summed E-state index contributed by atoms with van der Waals surface area (Å²) < 4.78 is 0.